The molecule has 0 aromatic carbocycles. The normalized spacial score (nSPS) is 18.9. The summed E-state index contributed by atoms with van der Waals surface area (Å²) in [6.07, 6.45) is 1.66. The summed E-state index contributed by atoms with van der Waals surface area (Å²) in [5.41, 5.74) is 6.24. The molecule has 1 atom stereocenters. The molecule has 3 amide bonds. The maximum absolute atomic E-state index is 12.1. The van der Waals surface area contributed by atoms with Crippen LogP contribution in [-0.4, -0.2) is 39.2 Å². The highest BCUT2D eigenvalue weighted by atomic mass is 16.2. The molecule has 2 heterocycles. The third kappa shape index (κ3) is 3.04. The first kappa shape index (κ1) is 13.4. The zero-order valence-electron chi connectivity index (χ0n) is 11.2. The van der Waals surface area contributed by atoms with Crippen LogP contribution in [0.3, 0.4) is 0 Å². The predicted molar refractivity (Wildman–Crippen MR) is 69.0 cm³/mol. The van der Waals surface area contributed by atoms with Gasteiger partial charge in [-0.05, 0) is 19.9 Å². The summed E-state index contributed by atoms with van der Waals surface area (Å²) in [5.74, 6) is -0.416. The molecule has 7 heteroatoms. The van der Waals surface area contributed by atoms with E-state index in [4.69, 9.17) is 5.73 Å². The predicted octanol–water partition coefficient (Wildman–Crippen LogP) is -0.0818. The molecule has 1 aliphatic rings. The fourth-order valence-electron chi connectivity index (χ4n) is 2.19. The molecule has 1 aliphatic heterocycles. The highest BCUT2D eigenvalue weighted by molar-refractivity contribution is 5.80. The number of nitrogens with zero attached hydrogens (tertiary/aromatic N) is 3. The lowest BCUT2D eigenvalue weighted by molar-refractivity contribution is -0.126. The van der Waals surface area contributed by atoms with E-state index in [-0.39, 0.29) is 17.9 Å². The largest absolute Gasteiger partial charge is 0.354 e. The van der Waals surface area contributed by atoms with Crippen molar-refractivity contribution in [3.63, 3.8) is 0 Å². The van der Waals surface area contributed by atoms with Gasteiger partial charge in [-0.15, -0.1) is 0 Å². The van der Waals surface area contributed by atoms with Crippen molar-refractivity contribution in [2.75, 3.05) is 6.54 Å². The second kappa shape index (κ2) is 5.29. The molecule has 1 aromatic heterocycles. The zero-order chi connectivity index (χ0) is 14.0. The molecule has 0 aliphatic carbocycles. The summed E-state index contributed by atoms with van der Waals surface area (Å²) in [7, 11) is 0. The average Bonchev–Trinajstić information content (AvgIpc) is 2.65. The Balaban J connectivity index is 2.20. The summed E-state index contributed by atoms with van der Waals surface area (Å²) >= 11 is 0. The molecule has 0 saturated heterocycles. The number of hydrogen-bond donors (Lipinski definition) is 2. The first-order valence-corrected chi connectivity index (χ1v) is 6.33. The van der Waals surface area contributed by atoms with Gasteiger partial charge in [0.2, 0.25) is 5.91 Å². The van der Waals surface area contributed by atoms with Crippen molar-refractivity contribution >= 4 is 11.9 Å². The number of rotatable bonds is 2. The van der Waals surface area contributed by atoms with Gasteiger partial charge in [0.05, 0.1) is 24.7 Å². The smallest absolute Gasteiger partial charge is 0.315 e. The van der Waals surface area contributed by atoms with Crippen molar-refractivity contribution in [2.24, 2.45) is 11.7 Å². The van der Waals surface area contributed by atoms with Crippen LogP contribution in [0.2, 0.25) is 0 Å². The maximum Gasteiger partial charge on any atom is 0.315 e. The number of carbonyl (C=O) groups is 2. The van der Waals surface area contributed by atoms with E-state index >= 15 is 0 Å². The van der Waals surface area contributed by atoms with E-state index in [1.165, 1.54) is 4.90 Å². The maximum atomic E-state index is 12.1. The van der Waals surface area contributed by atoms with E-state index in [1.54, 1.807) is 10.9 Å². The van der Waals surface area contributed by atoms with Crippen LogP contribution < -0.4 is 11.1 Å². The van der Waals surface area contributed by atoms with Crippen molar-refractivity contribution in [1.29, 1.82) is 0 Å². The molecule has 3 N–H and O–H groups in total. The first-order valence-electron chi connectivity index (χ1n) is 6.33. The number of carbonyl (C=O) groups excluding carboxylic acids is 2. The molecular formula is C12H19N5O2. The van der Waals surface area contributed by atoms with Gasteiger partial charge in [-0.2, -0.15) is 5.10 Å². The van der Waals surface area contributed by atoms with E-state index in [0.29, 0.717) is 19.6 Å². The Bertz CT molecular complexity index is 482. The minimum Gasteiger partial charge on any atom is -0.354 e. The Labute approximate surface area is 111 Å². The van der Waals surface area contributed by atoms with Crippen molar-refractivity contribution in [2.45, 2.75) is 33.0 Å². The molecular weight excluding hydrogens is 246 g/mol. The molecule has 0 fully saturated rings. The van der Waals surface area contributed by atoms with Gasteiger partial charge in [0.15, 0.2) is 0 Å². The van der Waals surface area contributed by atoms with Crippen molar-refractivity contribution in [3.8, 4) is 0 Å². The number of aromatic nitrogens is 2. The highest BCUT2D eigenvalue weighted by Crippen LogP contribution is 2.15. The fourth-order valence-corrected chi connectivity index (χ4v) is 2.19. The Hall–Kier alpha value is -2.05. The minimum absolute atomic E-state index is 0.0647. The average molecular weight is 265 g/mol. The lowest BCUT2D eigenvalue weighted by Crippen LogP contribution is -2.44. The van der Waals surface area contributed by atoms with Crippen LogP contribution in [0.25, 0.3) is 0 Å². The summed E-state index contributed by atoms with van der Waals surface area (Å²) in [5, 5.41) is 7.04. The van der Waals surface area contributed by atoms with Crippen molar-refractivity contribution in [1.82, 2.24) is 20.0 Å². The summed E-state index contributed by atoms with van der Waals surface area (Å²) in [6.45, 7) is 4.97. The summed E-state index contributed by atoms with van der Waals surface area (Å²) in [4.78, 5) is 25.0. The van der Waals surface area contributed by atoms with E-state index in [9.17, 15) is 9.59 Å². The Morgan fingerprint density at radius 2 is 2.21 bits per heavy atom. The standard InChI is InChI=1S/C12H19N5O2/c1-8(2)15-11(18)9-5-16(12(13)19)7-10-3-4-14-17(10)6-9/h3-4,8-9H,5-7H2,1-2H3,(H2,13,19)(H,15,18). The molecule has 0 saturated carbocycles. The third-order valence-electron chi connectivity index (χ3n) is 3.10. The molecule has 0 bridgehead atoms. The van der Waals surface area contributed by atoms with Crippen molar-refractivity contribution in [3.05, 3.63) is 18.0 Å². The lowest BCUT2D eigenvalue weighted by atomic mass is 10.1. The number of hydrogen-bond acceptors (Lipinski definition) is 3. The van der Waals surface area contributed by atoms with Crippen LogP contribution in [0, 0.1) is 5.92 Å². The van der Waals surface area contributed by atoms with Crippen LogP contribution >= 0.6 is 0 Å². The van der Waals surface area contributed by atoms with Crippen molar-refractivity contribution < 1.29 is 9.59 Å². The van der Waals surface area contributed by atoms with Gasteiger partial charge in [0.25, 0.3) is 0 Å². The number of urea groups is 1. The van der Waals surface area contributed by atoms with Gasteiger partial charge >= 0.3 is 6.03 Å². The molecule has 2 rings (SSSR count). The number of amides is 3. The summed E-state index contributed by atoms with van der Waals surface area (Å²) in [6, 6.07) is 1.38. The van der Waals surface area contributed by atoms with Gasteiger partial charge in [0.1, 0.15) is 0 Å². The molecule has 0 spiro atoms. The molecule has 7 nitrogen and oxygen atoms in total. The Kier molecular flexibility index (Phi) is 3.73. The van der Waals surface area contributed by atoms with Gasteiger partial charge < -0.3 is 16.0 Å². The molecule has 19 heavy (non-hydrogen) atoms. The SMILES string of the molecule is CC(C)NC(=O)C1CN(C(N)=O)Cc2ccnn2C1. The monoisotopic (exact) mass is 265 g/mol. The first-order chi connectivity index (χ1) is 8.97. The quantitative estimate of drug-likeness (QED) is 0.783. The van der Waals surface area contributed by atoms with E-state index < -0.39 is 6.03 Å². The summed E-state index contributed by atoms with van der Waals surface area (Å²) < 4.78 is 1.76. The van der Waals surface area contributed by atoms with Crippen LogP contribution in [-0.2, 0) is 17.9 Å². The third-order valence-corrected chi connectivity index (χ3v) is 3.10. The Morgan fingerprint density at radius 3 is 2.84 bits per heavy atom. The second-order valence-corrected chi connectivity index (χ2v) is 5.08. The number of primary amides is 1. The van der Waals surface area contributed by atoms with E-state index in [1.807, 2.05) is 19.9 Å². The highest BCUT2D eigenvalue weighted by Gasteiger charge is 2.29. The second-order valence-electron chi connectivity index (χ2n) is 5.08. The van der Waals surface area contributed by atoms with Gasteiger partial charge in [-0.25, -0.2) is 4.79 Å². The number of nitrogens with one attached hydrogen (secondary N) is 1. The molecule has 1 unspecified atom stereocenters. The zero-order valence-corrected chi connectivity index (χ0v) is 11.2. The van der Waals surface area contributed by atoms with Gasteiger partial charge in [-0.3, -0.25) is 9.48 Å². The topological polar surface area (TPSA) is 93.2 Å². The molecule has 0 radical (unpaired) electrons. The van der Waals surface area contributed by atoms with Gasteiger partial charge in [-0.1, -0.05) is 0 Å². The van der Waals surface area contributed by atoms with Gasteiger partial charge in [0, 0.05) is 18.8 Å². The molecule has 1 aromatic rings. The minimum atomic E-state index is -0.517. The lowest BCUT2D eigenvalue weighted by Gasteiger charge is -2.22. The van der Waals surface area contributed by atoms with Crippen LogP contribution in [0.4, 0.5) is 4.79 Å². The molecule has 104 valence electrons. The van der Waals surface area contributed by atoms with E-state index in [2.05, 4.69) is 10.4 Å². The van der Waals surface area contributed by atoms with Crippen LogP contribution in [0.15, 0.2) is 12.3 Å². The Morgan fingerprint density at radius 1 is 1.47 bits per heavy atom. The van der Waals surface area contributed by atoms with Crippen LogP contribution in [0.5, 0.6) is 0 Å². The number of fused-ring (bicyclic) bond motifs is 1. The fraction of sp³-hybridized carbons (Fsp3) is 0.583. The number of nitrogens with two attached hydrogens (primary N) is 1. The van der Waals surface area contributed by atoms with E-state index in [0.717, 1.165) is 5.69 Å². The van der Waals surface area contributed by atoms with Crippen LogP contribution in [0.1, 0.15) is 19.5 Å².